The molecule has 1 unspecified atom stereocenters. The molecule has 0 spiro atoms. The van der Waals surface area contributed by atoms with Gasteiger partial charge in [0.1, 0.15) is 18.7 Å². The molecule has 3 N–H and O–H groups in total. The number of Topliss-reactive ketones (excluding diaryl/α,β-unsaturated/α-hetero) is 1. The Morgan fingerprint density at radius 1 is 0.974 bits per heavy atom. The smallest absolute Gasteiger partial charge is 0.408 e. The summed E-state index contributed by atoms with van der Waals surface area (Å²) >= 11 is 1.36. The van der Waals surface area contributed by atoms with Crippen LogP contribution in [-0.4, -0.2) is 69.9 Å². The maximum absolute atomic E-state index is 13.5. The Morgan fingerprint density at radius 2 is 1.63 bits per heavy atom. The lowest BCUT2D eigenvalue weighted by Crippen LogP contribution is -2.54. The lowest BCUT2D eigenvalue weighted by Gasteiger charge is -2.28. The summed E-state index contributed by atoms with van der Waals surface area (Å²) < 4.78 is 5.31. The first-order valence-corrected chi connectivity index (χ1v) is 13.4. The summed E-state index contributed by atoms with van der Waals surface area (Å²) in [6.45, 7) is -0.617. The molecular weight excluding hydrogens is 510 g/mol. The van der Waals surface area contributed by atoms with Crippen LogP contribution < -0.4 is 10.6 Å². The number of aliphatic carboxylic acids is 1. The minimum atomic E-state index is -1.65. The molecule has 1 heterocycles. The van der Waals surface area contributed by atoms with E-state index in [4.69, 9.17) is 9.84 Å². The molecule has 0 bridgehead atoms. The third kappa shape index (κ3) is 8.91. The normalized spacial score (nSPS) is 15.4. The highest BCUT2D eigenvalue weighted by atomic mass is 32.2. The lowest BCUT2D eigenvalue weighted by atomic mass is 10.0. The molecule has 1 saturated heterocycles. The fourth-order valence-corrected chi connectivity index (χ4v) is 5.09. The Balaban J connectivity index is 1.61. The third-order valence-electron chi connectivity index (χ3n) is 5.98. The van der Waals surface area contributed by atoms with Gasteiger partial charge in [0.15, 0.2) is 0 Å². The van der Waals surface area contributed by atoms with Gasteiger partial charge in [-0.3, -0.25) is 14.4 Å². The number of unbranched alkanes of at least 4 members (excludes halogenated alkanes) is 1. The molecule has 38 heavy (non-hydrogen) atoms. The van der Waals surface area contributed by atoms with Crippen LogP contribution in [0.25, 0.3) is 0 Å². The largest absolute Gasteiger partial charge is 0.475 e. The van der Waals surface area contributed by atoms with E-state index in [9.17, 15) is 24.0 Å². The highest BCUT2D eigenvalue weighted by Gasteiger charge is 2.38. The van der Waals surface area contributed by atoms with Crippen molar-refractivity contribution >= 4 is 41.4 Å². The Morgan fingerprint density at radius 3 is 2.29 bits per heavy atom. The zero-order chi connectivity index (χ0) is 27.3. The topological polar surface area (TPSA) is 142 Å². The first-order valence-electron chi connectivity index (χ1n) is 12.3. The summed E-state index contributed by atoms with van der Waals surface area (Å²) in [5.41, 5.74) is 1.98. The van der Waals surface area contributed by atoms with Gasteiger partial charge in [0, 0.05) is 5.75 Å². The number of carbonyl (C=O) groups excluding carboxylic acids is 4. The SMILES string of the molecule is O=C(NC(CCCCc1ccccc1)C(=O)N1CSC[C@H]1C(=O)NCC(=O)C(=O)O)OCc1ccccc1. The summed E-state index contributed by atoms with van der Waals surface area (Å²) in [7, 11) is 0. The second-order valence-electron chi connectivity index (χ2n) is 8.76. The number of ether oxygens (including phenoxy) is 1. The number of nitrogens with zero attached hydrogens (tertiary/aromatic N) is 1. The summed E-state index contributed by atoms with van der Waals surface area (Å²) in [5.74, 6) is -3.33. The van der Waals surface area contributed by atoms with Gasteiger partial charge in [0.05, 0.1) is 12.4 Å². The van der Waals surface area contributed by atoms with Gasteiger partial charge >= 0.3 is 12.1 Å². The summed E-state index contributed by atoms with van der Waals surface area (Å²) in [6.07, 6.45) is 1.87. The van der Waals surface area contributed by atoms with E-state index in [2.05, 4.69) is 10.6 Å². The monoisotopic (exact) mass is 541 g/mol. The van der Waals surface area contributed by atoms with Gasteiger partial charge < -0.3 is 25.4 Å². The molecule has 2 atom stereocenters. The number of aryl methyl sites for hydroxylation is 1. The molecule has 2 aromatic rings. The maximum Gasteiger partial charge on any atom is 0.408 e. The van der Waals surface area contributed by atoms with E-state index >= 15 is 0 Å². The fraction of sp³-hybridized carbons (Fsp3) is 0.370. The number of alkyl carbamates (subject to hydrolysis) is 1. The predicted octanol–water partition coefficient (Wildman–Crippen LogP) is 2.37. The van der Waals surface area contributed by atoms with Gasteiger partial charge in [0.25, 0.3) is 5.78 Å². The van der Waals surface area contributed by atoms with E-state index in [1.807, 2.05) is 60.7 Å². The molecule has 0 saturated carbocycles. The molecule has 0 aliphatic carbocycles. The van der Waals surface area contributed by atoms with Crippen molar-refractivity contribution in [2.45, 2.75) is 44.4 Å². The molecular formula is C27H31N3O7S. The fourth-order valence-electron chi connectivity index (χ4n) is 3.92. The lowest BCUT2D eigenvalue weighted by molar-refractivity contribution is -0.149. The Bertz CT molecular complexity index is 1110. The van der Waals surface area contributed by atoms with Crippen molar-refractivity contribution in [3.63, 3.8) is 0 Å². The zero-order valence-electron chi connectivity index (χ0n) is 20.8. The van der Waals surface area contributed by atoms with E-state index in [0.29, 0.717) is 12.8 Å². The number of thioether (sulfide) groups is 1. The van der Waals surface area contributed by atoms with E-state index in [1.165, 1.54) is 22.2 Å². The molecule has 3 amide bonds. The summed E-state index contributed by atoms with van der Waals surface area (Å²) in [4.78, 5) is 62.1. The van der Waals surface area contributed by atoms with E-state index in [-0.39, 0.29) is 18.2 Å². The van der Waals surface area contributed by atoms with Gasteiger partial charge in [-0.25, -0.2) is 9.59 Å². The van der Waals surface area contributed by atoms with Crippen molar-refractivity contribution in [1.82, 2.24) is 15.5 Å². The van der Waals surface area contributed by atoms with Crippen molar-refractivity contribution in [1.29, 1.82) is 0 Å². The average molecular weight is 542 g/mol. The molecule has 0 radical (unpaired) electrons. The molecule has 0 aromatic heterocycles. The molecule has 11 heteroatoms. The Labute approximate surface area is 225 Å². The van der Waals surface area contributed by atoms with E-state index in [1.54, 1.807) is 0 Å². The number of rotatable bonds is 13. The van der Waals surface area contributed by atoms with Gasteiger partial charge in [-0.2, -0.15) is 0 Å². The van der Waals surface area contributed by atoms with Gasteiger partial charge in [0.2, 0.25) is 11.8 Å². The Hall–Kier alpha value is -3.86. The van der Waals surface area contributed by atoms with Crippen molar-refractivity contribution in [2.24, 2.45) is 0 Å². The van der Waals surface area contributed by atoms with Gasteiger partial charge in [-0.15, -0.1) is 11.8 Å². The number of ketones is 1. The van der Waals surface area contributed by atoms with Crippen molar-refractivity contribution in [2.75, 3.05) is 18.2 Å². The average Bonchev–Trinajstić information content (AvgIpc) is 3.43. The molecule has 1 fully saturated rings. The van der Waals surface area contributed by atoms with Crippen LogP contribution in [0.1, 0.15) is 30.4 Å². The number of benzene rings is 2. The zero-order valence-corrected chi connectivity index (χ0v) is 21.7. The number of amides is 3. The van der Waals surface area contributed by atoms with Crippen LogP contribution in [-0.2, 0) is 36.9 Å². The number of hydrogen-bond acceptors (Lipinski definition) is 7. The summed E-state index contributed by atoms with van der Waals surface area (Å²) in [5, 5.41) is 13.7. The van der Waals surface area contributed by atoms with Gasteiger partial charge in [-0.1, -0.05) is 67.1 Å². The second kappa shape index (κ2) is 14.8. The molecule has 202 valence electrons. The second-order valence-corrected chi connectivity index (χ2v) is 9.76. The first kappa shape index (κ1) is 28.7. The molecule has 10 nitrogen and oxygen atoms in total. The van der Waals surface area contributed by atoms with E-state index in [0.717, 1.165) is 18.4 Å². The maximum atomic E-state index is 13.5. The number of carboxylic acid groups (broad SMARTS) is 1. The molecule has 1 aliphatic heterocycles. The van der Waals surface area contributed by atoms with E-state index < -0.39 is 48.3 Å². The number of hydrogen-bond donors (Lipinski definition) is 3. The van der Waals surface area contributed by atoms with Crippen LogP contribution in [0, 0.1) is 0 Å². The van der Waals surface area contributed by atoms with Crippen molar-refractivity contribution in [3.05, 3.63) is 71.8 Å². The van der Waals surface area contributed by atoms with Crippen LogP contribution >= 0.6 is 11.8 Å². The van der Waals surface area contributed by atoms with Crippen LogP contribution in [0.3, 0.4) is 0 Å². The van der Waals surface area contributed by atoms with Crippen LogP contribution in [0.5, 0.6) is 0 Å². The van der Waals surface area contributed by atoms with Gasteiger partial charge in [-0.05, 0) is 30.4 Å². The van der Waals surface area contributed by atoms with Crippen LogP contribution in [0.2, 0.25) is 0 Å². The highest BCUT2D eigenvalue weighted by molar-refractivity contribution is 7.99. The van der Waals surface area contributed by atoms with Crippen LogP contribution in [0.4, 0.5) is 4.79 Å². The number of carbonyl (C=O) groups is 5. The predicted molar refractivity (Wildman–Crippen MR) is 141 cm³/mol. The minimum absolute atomic E-state index is 0.0454. The number of carboxylic acids is 1. The number of nitrogens with one attached hydrogen (secondary N) is 2. The van der Waals surface area contributed by atoms with Crippen molar-refractivity contribution < 1.29 is 33.8 Å². The Kier molecular flexibility index (Phi) is 11.2. The molecule has 3 rings (SSSR count). The standard InChI is InChI=1S/C27H31N3O7S/c31-23(26(34)35)15-28-24(32)22-17-38-18-30(22)25(33)21(14-8-7-11-19-9-3-1-4-10-19)29-27(36)37-16-20-12-5-2-6-13-20/h1-6,9-10,12-13,21-22H,7-8,11,14-18H2,(H,28,32)(H,29,36)(H,34,35)/t21?,22-/m0/s1. The first-order chi connectivity index (χ1) is 18.3. The molecule has 2 aromatic carbocycles. The minimum Gasteiger partial charge on any atom is -0.475 e. The van der Waals surface area contributed by atoms with Crippen molar-refractivity contribution in [3.8, 4) is 0 Å². The quantitative estimate of drug-likeness (QED) is 0.259. The van der Waals surface area contributed by atoms with Crippen LogP contribution in [0.15, 0.2) is 60.7 Å². The molecule has 1 aliphatic rings. The third-order valence-corrected chi connectivity index (χ3v) is 7.00. The highest BCUT2D eigenvalue weighted by Crippen LogP contribution is 2.23. The summed E-state index contributed by atoms with van der Waals surface area (Å²) in [6, 6.07) is 17.3.